The van der Waals surface area contributed by atoms with E-state index in [-0.39, 0.29) is 24.6 Å². The van der Waals surface area contributed by atoms with E-state index in [1.165, 1.54) is 29.2 Å². The summed E-state index contributed by atoms with van der Waals surface area (Å²) in [5.74, 6) is -2.05. The summed E-state index contributed by atoms with van der Waals surface area (Å²) in [6.45, 7) is -0.244. The maximum Gasteiger partial charge on any atom is 0.343 e. The quantitative estimate of drug-likeness (QED) is 0.210. The van der Waals surface area contributed by atoms with E-state index in [9.17, 15) is 19.2 Å². The van der Waals surface area contributed by atoms with Crippen molar-refractivity contribution in [2.75, 3.05) is 18.1 Å². The Morgan fingerprint density at radius 3 is 2.03 bits per heavy atom. The number of carbonyl (C=O) groups is 4. The fourth-order valence-electron chi connectivity index (χ4n) is 3.53. The zero-order chi connectivity index (χ0) is 24.9. The first-order valence-electron chi connectivity index (χ1n) is 10.6. The molecular weight excluding hydrogens is 582 g/mol. The van der Waals surface area contributed by atoms with E-state index < -0.39 is 30.2 Å². The van der Waals surface area contributed by atoms with Crippen molar-refractivity contribution in [3.63, 3.8) is 0 Å². The molecule has 0 bridgehead atoms. The molecular formula is C26H19Br2NO6. The van der Waals surface area contributed by atoms with Gasteiger partial charge >= 0.3 is 11.9 Å². The van der Waals surface area contributed by atoms with Crippen molar-refractivity contribution < 1.29 is 28.7 Å². The molecule has 9 heteroatoms. The number of amides is 1. The molecule has 1 saturated heterocycles. The van der Waals surface area contributed by atoms with Crippen LogP contribution in [0.3, 0.4) is 0 Å². The number of esters is 2. The Bertz CT molecular complexity index is 1260. The molecule has 0 unspecified atom stereocenters. The molecule has 1 atom stereocenters. The lowest BCUT2D eigenvalue weighted by Gasteiger charge is -2.16. The molecule has 35 heavy (non-hydrogen) atoms. The molecule has 0 saturated carbocycles. The zero-order valence-corrected chi connectivity index (χ0v) is 21.5. The molecule has 1 aliphatic rings. The number of anilines is 1. The number of rotatable bonds is 7. The molecule has 3 aromatic rings. The summed E-state index contributed by atoms with van der Waals surface area (Å²) in [6.07, 6.45) is 0.0293. The van der Waals surface area contributed by atoms with Crippen LogP contribution < -0.4 is 9.64 Å². The summed E-state index contributed by atoms with van der Waals surface area (Å²) >= 11 is 6.66. The van der Waals surface area contributed by atoms with Crippen molar-refractivity contribution in [3.8, 4) is 5.75 Å². The molecule has 0 radical (unpaired) electrons. The van der Waals surface area contributed by atoms with Gasteiger partial charge in [-0.1, -0.05) is 31.9 Å². The molecule has 0 aliphatic carbocycles. The first kappa shape index (κ1) is 24.8. The highest BCUT2D eigenvalue weighted by Gasteiger charge is 2.36. The largest absolute Gasteiger partial charge is 0.457 e. The topological polar surface area (TPSA) is 90.0 Å². The van der Waals surface area contributed by atoms with Crippen LogP contribution in [0.15, 0.2) is 81.7 Å². The number of carbonyl (C=O) groups excluding carboxylic acids is 4. The van der Waals surface area contributed by atoms with Gasteiger partial charge in [0.05, 0.1) is 11.5 Å². The summed E-state index contributed by atoms with van der Waals surface area (Å²) in [7, 11) is 0. The van der Waals surface area contributed by atoms with Gasteiger partial charge in [-0.25, -0.2) is 4.79 Å². The fraction of sp³-hybridized carbons (Fsp3) is 0.154. The molecule has 1 amide bonds. The smallest absolute Gasteiger partial charge is 0.343 e. The van der Waals surface area contributed by atoms with Gasteiger partial charge in [0.1, 0.15) is 5.75 Å². The molecule has 178 valence electrons. The first-order chi connectivity index (χ1) is 16.8. The van der Waals surface area contributed by atoms with Gasteiger partial charge in [0, 0.05) is 33.2 Å². The van der Waals surface area contributed by atoms with E-state index in [4.69, 9.17) is 9.47 Å². The predicted molar refractivity (Wildman–Crippen MR) is 135 cm³/mol. The van der Waals surface area contributed by atoms with Crippen LogP contribution in [0.1, 0.15) is 27.1 Å². The first-order valence-corrected chi connectivity index (χ1v) is 12.2. The van der Waals surface area contributed by atoms with Crippen molar-refractivity contribution in [2.45, 2.75) is 6.42 Å². The average Bonchev–Trinajstić information content (AvgIpc) is 3.25. The minimum Gasteiger partial charge on any atom is -0.457 e. The second kappa shape index (κ2) is 11.0. The normalized spacial score (nSPS) is 15.1. The monoisotopic (exact) mass is 599 g/mol. The van der Waals surface area contributed by atoms with Gasteiger partial charge in [0.25, 0.3) is 0 Å². The Labute approximate surface area is 218 Å². The van der Waals surface area contributed by atoms with Gasteiger partial charge in [-0.05, 0) is 72.8 Å². The van der Waals surface area contributed by atoms with Crippen molar-refractivity contribution in [3.05, 3.63) is 92.9 Å². The van der Waals surface area contributed by atoms with Crippen LogP contribution in [0.5, 0.6) is 5.75 Å². The lowest BCUT2D eigenvalue weighted by Crippen LogP contribution is -2.27. The molecule has 1 fully saturated rings. The standard InChI is InChI=1S/C26H19Br2NO6/c27-19-5-1-17(2-6-19)26(33)35-22-11-3-16(4-12-22)23(30)15-34-25(32)18-13-24(31)29(14-18)21-9-7-20(28)8-10-21/h1-12,18H,13-15H2/t18-/m1/s1. The van der Waals surface area contributed by atoms with E-state index in [1.807, 2.05) is 12.1 Å². The van der Waals surface area contributed by atoms with Gasteiger partial charge in [-0.2, -0.15) is 0 Å². The number of benzene rings is 3. The van der Waals surface area contributed by atoms with Gasteiger partial charge in [-0.3, -0.25) is 14.4 Å². The Morgan fingerprint density at radius 2 is 1.40 bits per heavy atom. The molecule has 0 N–H and O–H groups in total. The van der Waals surface area contributed by atoms with Crippen LogP contribution in [0.4, 0.5) is 5.69 Å². The Hall–Kier alpha value is -3.30. The molecule has 0 aromatic heterocycles. The van der Waals surface area contributed by atoms with Crippen molar-refractivity contribution in [2.24, 2.45) is 5.92 Å². The third kappa shape index (κ3) is 6.23. The lowest BCUT2D eigenvalue weighted by molar-refractivity contribution is -0.147. The van der Waals surface area contributed by atoms with Crippen LogP contribution in [-0.2, 0) is 14.3 Å². The zero-order valence-electron chi connectivity index (χ0n) is 18.3. The van der Waals surface area contributed by atoms with Crippen molar-refractivity contribution in [1.29, 1.82) is 0 Å². The number of ether oxygens (including phenoxy) is 2. The van der Waals surface area contributed by atoms with Crippen LogP contribution in [0.25, 0.3) is 0 Å². The third-order valence-corrected chi connectivity index (χ3v) is 6.47. The number of halogens is 2. The molecule has 0 spiro atoms. The van der Waals surface area contributed by atoms with Gasteiger partial charge < -0.3 is 14.4 Å². The van der Waals surface area contributed by atoms with Crippen LogP contribution in [0.2, 0.25) is 0 Å². The number of nitrogens with zero attached hydrogens (tertiary/aromatic N) is 1. The SMILES string of the molecule is O=C(COC(=O)[C@@H]1CC(=O)N(c2ccc(Br)cc2)C1)c1ccc(OC(=O)c2ccc(Br)cc2)cc1. The maximum absolute atomic E-state index is 12.5. The van der Waals surface area contributed by atoms with E-state index in [2.05, 4.69) is 31.9 Å². The van der Waals surface area contributed by atoms with E-state index >= 15 is 0 Å². The number of hydrogen-bond acceptors (Lipinski definition) is 6. The van der Waals surface area contributed by atoms with E-state index in [1.54, 1.807) is 36.4 Å². The minimum absolute atomic E-state index is 0.0293. The summed E-state index contributed by atoms with van der Waals surface area (Å²) in [5, 5.41) is 0. The van der Waals surface area contributed by atoms with Gasteiger partial charge in [0.2, 0.25) is 5.91 Å². The van der Waals surface area contributed by atoms with Gasteiger partial charge in [-0.15, -0.1) is 0 Å². The molecule has 4 rings (SSSR count). The van der Waals surface area contributed by atoms with E-state index in [0.717, 1.165) is 8.95 Å². The summed E-state index contributed by atoms with van der Waals surface area (Å²) in [4.78, 5) is 51.0. The predicted octanol–water partition coefficient (Wildman–Crippen LogP) is 5.21. The Morgan fingerprint density at radius 1 is 0.829 bits per heavy atom. The molecule has 7 nitrogen and oxygen atoms in total. The molecule has 1 aliphatic heterocycles. The molecule has 3 aromatic carbocycles. The highest BCUT2D eigenvalue weighted by atomic mass is 79.9. The molecule has 1 heterocycles. The minimum atomic E-state index is -0.639. The number of Topliss-reactive ketones (excluding diaryl/α,β-unsaturated/α-hetero) is 1. The maximum atomic E-state index is 12.5. The van der Waals surface area contributed by atoms with Crippen LogP contribution >= 0.6 is 31.9 Å². The van der Waals surface area contributed by atoms with Crippen molar-refractivity contribution in [1.82, 2.24) is 0 Å². The Kier molecular flexibility index (Phi) is 7.77. The second-order valence-electron chi connectivity index (χ2n) is 7.83. The van der Waals surface area contributed by atoms with Crippen LogP contribution in [0, 0.1) is 5.92 Å². The average molecular weight is 601 g/mol. The highest BCUT2D eigenvalue weighted by molar-refractivity contribution is 9.10. The summed E-state index contributed by atoms with van der Waals surface area (Å²) in [6, 6.07) is 19.9. The fourth-order valence-corrected chi connectivity index (χ4v) is 4.06. The number of ketones is 1. The number of hydrogen-bond donors (Lipinski definition) is 0. The third-order valence-electron chi connectivity index (χ3n) is 5.41. The second-order valence-corrected chi connectivity index (χ2v) is 9.66. The van der Waals surface area contributed by atoms with Crippen LogP contribution in [-0.4, -0.2) is 36.8 Å². The summed E-state index contributed by atoms with van der Waals surface area (Å²) in [5.41, 5.74) is 1.40. The Balaban J connectivity index is 1.28. The van der Waals surface area contributed by atoms with Gasteiger partial charge in [0.15, 0.2) is 12.4 Å². The van der Waals surface area contributed by atoms with E-state index in [0.29, 0.717) is 16.8 Å². The summed E-state index contributed by atoms with van der Waals surface area (Å²) < 4.78 is 12.2. The van der Waals surface area contributed by atoms with Crippen molar-refractivity contribution >= 4 is 61.2 Å². The lowest BCUT2D eigenvalue weighted by atomic mass is 10.1. The highest BCUT2D eigenvalue weighted by Crippen LogP contribution is 2.27.